The Morgan fingerprint density at radius 2 is 2.28 bits per heavy atom. The van der Waals surface area contributed by atoms with Crippen LogP contribution in [0, 0.1) is 0 Å². The van der Waals surface area contributed by atoms with Crippen LogP contribution in [0.3, 0.4) is 0 Å². The van der Waals surface area contributed by atoms with Crippen LogP contribution in [0.5, 0.6) is 0 Å². The molecule has 0 fully saturated rings. The molecule has 1 atom stereocenters. The summed E-state index contributed by atoms with van der Waals surface area (Å²) in [6.07, 6.45) is 1.79. The third-order valence-corrected chi connectivity index (χ3v) is 3.67. The molecule has 0 amide bonds. The van der Waals surface area contributed by atoms with Gasteiger partial charge in [-0.25, -0.2) is 0 Å². The van der Waals surface area contributed by atoms with E-state index in [0.29, 0.717) is 6.61 Å². The zero-order valence-electron chi connectivity index (χ0n) is 11.0. The SMILES string of the molecule is CN(C)CCO[C@@H](c1cccs1)c1ccnn1C. The Balaban J connectivity index is 2.12. The van der Waals surface area contributed by atoms with E-state index in [1.807, 2.05) is 38.1 Å². The van der Waals surface area contributed by atoms with E-state index in [1.54, 1.807) is 11.3 Å². The van der Waals surface area contributed by atoms with Crippen LogP contribution in [0.1, 0.15) is 16.7 Å². The zero-order chi connectivity index (χ0) is 13.0. The molecule has 2 aromatic heterocycles. The molecule has 0 bridgehead atoms. The Hall–Kier alpha value is -1.17. The van der Waals surface area contributed by atoms with E-state index in [4.69, 9.17) is 4.74 Å². The molecule has 18 heavy (non-hydrogen) atoms. The normalized spacial score (nSPS) is 13.1. The van der Waals surface area contributed by atoms with Gasteiger partial charge < -0.3 is 9.64 Å². The summed E-state index contributed by atoms with van der Waals surface area (Å²) in [5.74, 6) is 0. The second kappa shape index (κ2) is 6.13. The number of thiophene rings is 1. The molecular weight excluding hydrogens is 246 g/mol. The van der Waals surface area contributed by atoms with E-state index >= 15 is 0 Å². The van der Waals surface area contributed by atoms with E-state index in [9.17, 15) is 0 Å². The van der Waals surface area contributed by atoms with Crippen molar-refractivity contribution >= 4 is 11.3 Å². The molecular formula is C13H19N3OS. The monoisotopic (exact) mass is 265 g/mol. The summed E-state index contributed by atoms with van der Waals surface area (Å²) in [6, 6.07) is 6.18. The number of hydrogen-bond acceptors (Lipinski definition) is 4. The quantitative estimate of drug-likeness (QED) is 0.801. The lowest BCUT2D eigenvalue weighted by molar-refractivity contribution is 0.0660. The first-order chi connectivity index (χ1) is 8.68. The zero-order valence-corrected chi connectivity index (χ0v) is 11.9. The maximum absolute atomic E-state index is 6.03. The molecule has 0 radical (unpaired) electrons. The summed E-state index contributed by atoms with van der Waals surface area (Å²) in [4.78, 5) is 3.34. The minimum absolute atomic E-state index is 0.0163. The summed E-state index contributed by atoms with van der Waals surface area (Å²) in [7, 11) is 6.05. The molecule has 0 aliphatic rings. The summed E-state index contributed by atoms with van der Waals surface area (Å²) >= 11 is 1.72. The number of nitrogens with zero attached hydrogens (tertiary/aromatic N) is 3. The van der Waals surface area contributed by atoms with Gasteiger partial charge in [0.05, 0.1) is 12.3 Å². The first kappa shape index (κ1) is 13.3. The number of aryl methyl sites for hydroxylation is 1. The smallest absolute Gasteiger partial charge is 0.133 e. The highest BCUT2D eigenvalue weighted by Gasteiger charge is 2.18. The Labute approximate surface area is 112 Å². The lowest BCUT2D eigenvalue weighted by Crippen LogP contribution is -2.20. The maximum Gasteiger partial charge on any atom is 0.133 e. The maximum atomic E-state index is 6.03. The fraction of sp³-hybridized carbons (Fsp3) is 0.462. The highest BCUT2D eigenvalue weighted by atomic mass is 32.1. The van der Waals surface area contributed by atoms with E-state index in [2.05, 4.69) is 27.5 Å². The van der Waals surface area contributed by atoms with Crippen molar-refractivity contribution in [2.24, 2.45) is 7.05 Å². The first-order valence-corrected chi connectivity index (χ1v) is 6.84. The van der Waals surface area contributed by atoms with Crippen molar-refractivity contribution < 1.29 is 4.74 Å². The van der Waals surface area contributed by atoms with Gasteiger partial charge in [-0.3, -0.25) is 4.68 Å². The Kier molecular flexibility index (Phi) is 4.52. The predicted molar refractivity (Wildman–Crippen MR) is 73.9 cm³/mol. The molecule has 5 heteroatoms. The van der Waals surface area contributed by atoms with E-state index in [0.717, 1.165) is 12.2 Å². The Morgan fingerprint density at radius 3 is 2.83 bits per heavy atom. The summed E-state index contributed by atoms with van der Waals surface area (Å²) in [6.45, 7) is 1.63. The van der Waals surface area contributed by atoms with Crippen LogP contribution in [0.4, 0.5) is 0 Å². The molecule has 0 spiro atoms. The molecule has 0 aliphatic carbocycles. The molecule has 0 saturated carbocycles. The molecule has 2 aromatic rings. The van der Waals surface area contributed by atoms with Gasteiger partial charge in [0, 0.05) is 24.7 Å². The van der Waals surface area contributed by atoms with Crippen molar-refractivity contribution in [3.05, 3.63) is 40.3 Å². The van der Waals surface area contributed by atoms with Gasteiger partial charge in [0.2, 0.25) is 0 Å². The summed E-state index contributed by atoms with van der Waals surface area (Å²) in [5.41, 5.74) is 1.09. The second-order valence-electron chi connectivity index (χ2n) is 4.45. The number of likely N-dealkylation sites (N-methyl/N-ethyl adjacent to an activating group) is 1. The molecule has 4 nitrogen and oxygen atoms in total. The highest BCUT2D eigenvalue weighted by molar-refractivity contribution is 7.10. The van der Waals surface area contributed by atoms with Gasteiger partial charge in [-0.1, -0.05) is 6.07 Å². The van der Waals surface area contributed by atoms with Crippen molar-refractivity contribution in [2.45, 2.75) is 6.10 Å². The lowest BCUT2D eigenvalue weighted by Gasteiger charge is -2.18. The third-order valence-electron chi connectivity index (χ3n) is 2.75. The van der Waals surface area contributed by atoms with Crippen LogP contribution in [-0.2, 0) is 11.8 Å². The van der Waals surface area contributed by atoms with Gasteiger partial charge in [0.1, 0.15) is 6.10 Å². The van der Waals surface area contributed by atoms with Gasteiger partial charge in [0.15, 0.2) is 0 Å². The van der Waals surface area contributed by atoms with Crippen LogP contribution in [0.15, 0.2) is 29.8 Å². The second-order valence-corrected chi connectivity index (χ2v) is 5.43. The standard InChI is InChI=1S/C13H19N3OS/c1-15(2)8-9-17-13(12-5-4-10-18-12)11-6-7-14-16(11)3/h4-7,10,13H,8-9H2,1-3H3/t13-/m1/s1. The van der Waals surface area contributed by atoms with E-state index in [-0.39, 0.29) is 6.10 Å². The van der Waals surface area contributed by atoms with Crippen molar-refractivity contribution in [1.29, 1.82) is 0 Å². The number of hydrogen-bond donors (Lipinski definition) is 0. The fourth-order valence-corrected chi connectivity index (χ4v) is 2.53. The van der Waals surface area contributed by atoms with Crippen LogP contribution >= 0.6 is 11.3 Å². The lowest BCUT2D eigenvalue weighted by atomic mass is 10.2. The average molecular weight is 265 g/mol. The van der Waals surface area contributed by atoms with Crippen molar-refractivity contribution in [1.82, 2.24) is 14.7 Å². The van der Waals surface area contributed by atoms with E-state index in [1.165, 1.54) is 4.88 Å². The topological polar surface area (TPSA) is 30.3 Å². The largest absolute Gasteiger partial charge is 0.365 e. The molecule has 0 aliphatic heterocycles. The average Bonchev–Trinajstić information content (AvgIpc) is 2.96. The van der Waals surface area contributed by atoms with Crippen LogP contribution in [-0.4, -0.2) is 41.9 Å². The predicted octanol–water partition coefficient (Wildman–Crippen LogP) is 2.15. The third kappa shape index (κ3) is 3.19. The van der Waals surface area contributed by atoms with Crippen molar-refractivity contribution in [3.63, 3.8) is 0 Å². The number of rotatable bonds is 6. The van der Waals surface area contributed by atoms with Gasteiger partial charge in [-0.15, -0.1) is 11.3 Å². The summed E-state index contributed by atoms with van der Waals surface area (Å²) < 4.78 is 7.91. The van der Waals surface area contributed by atoms with Crippen LogP contribution in [0.2, 0.25) is 0 Å². The van der Waals surface area contributed by atoms with Crippen molar-refractivity contribution in [2.75, 3.05) is 27.2 Å². The van der Waals surface area contributed by atoms with Crippen LogP contribution in [0.25, 0.3) is 0 Å². The molecule has 2 heterocycles. The van der Waals surface area contributed by atoms with Gasteiger partial charge >= 0.3 is 0 Å². The van der Waals surface area contributed by atoms with Gasteiger partial charge in [-0.2, -0.15) is 5.10 Å². The molecule has 2 rings (SSSR count). The highest BCUT2D eigenvalue weighted by Crippen LogP contribution is 2.28. The fourth-order valence-electron chi connectivity index (χ4n) is 1.75. The van der Waals surface area contributed by atoms with Crippen LogP contribution < -0.4 is 0 Å². The van der Waals surface area contributed by atoms with Crippen molar-refractivity contribution in [3.8, 4) is 0 Å². The summed E-state index contributed by atoms with van der Waals surface area (Å²) in [5, 5.41) is 6.30. The Morgan fingerprint density at radius 1 is 1.44 bits per heavy atom. The Bertz CT molecular complexity index is 464. The van der Waals surface area contributed by atoms with Gasteiger partial charge in [-0.05, 0) is 31.6 Å². The molecule has 0 N–H and O–H groups in total. The van der Waals surface area contributed by atoms with Gasteiger partial charge in [0.25, 0.3) is 0 Å². The first-order valence-electron chi connectivity index (χ1n) is 5.96. The number of aromatic nitrogens is 2. The molecule has 0 aromatic carbocycles. The molecule has 0 unspecified atom stereocenters. The minimum Gasteiger partial charge on any atom is -0.365 e. The number of ether oxygens (including phenoxy) is 1. The molecule has 0 saturated heterocycles. The van der Waals surface area contributed by atoms with E-state index < -0.39 is 0 Å². The molecule has 98 valence electrons. The minimum atomic E-state index is -0.0163.